The topological polar surface area (TPSA) is 63.9 Å². The highest BCUT2D eigenvalue weighted by Gasteiger charge is 2.29. The van der Waals surface area contributed by atoms with Gasteiger partial charge in [-0.1, -0.05) is 11.4 Å². The number of aryl methyl sites for hydroxylation is 2. The molecule has 1 unspecified atom stereocenters. The number of piperidine rings is 1. The first-order valence-electron chi connectivity index (χ1n) is 7.89. The van der Waals surface area contributed by atoms with Gasteiger partial charge in [-0.15, -0.1) is 5.10 Å². The fraction of sp³-hybridized carbons (Fsp3) is 0.600. The van der Waals surface area contributed by atoms with E-state index in [2.05, 4.69) is 14.7 Å². The van der Waals surface area contributed by atoms with Gasteiger partial charge in [-0.3, -0.25) is 9.48 Å². The van der Waals surface area contributed by atoms with E-state index < -0.39 is 0 Å². The molecule has 2 aromatic heterocycles. The minimum absolute atomic E-state index is 0.108. The largest absolute Gasteiger partial charge is 0.335 e. The fourth-order valence-electron chi connectivity index (χ4n) is 3.01. The molecular formula is C15H21N5OS. The van der Waals surface area contributed by atoms with Crippen LogP contribution in [0.4, 0.5) is 0 Å². The molecule has 0 spiro atoms. The zero-order chi connectivity index (χ0) is 15.4. The molecule has 1 fully saturated rings. The maximum Gasteiger partial charge on any atom is 0.267 e. The third-order valence-electron chi connectivity index (χ3n) is 4.22. The minimum atomic E-state index is 0.108. The average molecular weight is 319 g/mol. The standard InChI is InChI=1S/C15H21N5OS/c1-2-13-14(22-18-17-13)15(21)20-10-4-3-6-12(20)7-11-19-9-5-8-16-19/h5,8-9,12H,2-4,6-7,10-11H2,1H3. The normalized spacial score (nSPS) is 18.6. The Kier molecular flexibility index (Phi) is 4.82. The quantitative estimate of drug-likeness (QED) is 0.849. The molecule has 22 heavy (non-hydrogen) atoms. The SMILES string of the molecule is CCc1nnsc1C(=O)N1CCCCC1CCn1cccn1. The van der Waals surface area contributed by atoms with Crippen LogP contribution in [0, 0.1) is 0 Å². The number of hydrogen-bond donors (Lipinski definition) is 0. The number of aromatic nitrogens is 4. The molecule has 1 saturated heterocycles. The molecule has 3 heterocycles. The molecule has 1 aliphatic heterocycles. The molecule has 0 bridgehead atoms. The van der Waals surface area contributed by atoms with Gasteiger partial charge >= 0.3 is 0 Å². The van der Waals surface area contributed by atoms with Gasteiger partial charge in [-0.2, -0.15) is 5.10 Å². The second kappa shape index (κ2) is 7.00. The number of nitrogens with zero attached hydrogens (tertiary/aromatic N) is 5. The molecule has 1 aliphatic rings. The average Bonchev–Trinajstić information content (AvgIpc) is 3.23. The summed E-state index contributed by atoms with van der Waals surface area (Å²) in [5.74, 6) is 0.108. The van der Waals surface area contributed by atoms with E-state index in [0.717, 1.165) is 44.5 Å². The summed E-state index contributed by atoms with van der Waals surface area (Å²) in [6.45, 7) is 3.70. The van der Waals surface area contributed by atoms with Gasteiger partial charge < -0.3 is 4.90 Å². The predicted octanol–water partition coefficient (Wildman–Crippen LogP) is 2.38. The zero-order valence-corrected chi connectivity index (χ0v) is 13.6. The molecule has 0 aromatic carbocycles. The maximum atomic E-state index is 12.8. The first-order valence-corrected chi connectivity index (χ1v) is 8.66. The van der Waals surface area contributed by atoms with E-state index >= 15 is 0 Å². The summed E-state index contributed by atoms with van der Waals surface area (Å²) in [7, 11) is 0. The molecule has 0 saturated carbocycles. The van der Waals surface area contributed by atoms with Gasteiger partial charge in [0.15, 0.2) is 0 Å². The highest BCUT2D eigenvalue weighted by Crippen LogP contribution is 2.24. The molecule has 0 radical (unpaired) electrons. The molecule has 0 N–H and O–H groups in total. The van der Waals surface area contributed by atoms with E-state index in [1.165, 1.54) is 18.0 Å². The number of carbonyl (C=O) groups excluding carboxylic acids is 1. The highest BCUT2D eigenvalue weighted by molar-refractivity contribution is 7.08. The lowest BCUT2D eigenvalue weighted by molar-refractivity contribution is 0.0597. The van der Waals surface area contributed by atoms with E-state index in [1.807, 2.05) is 28.8 Å². The third-order valence-corrected chi connectivity index (χ3v) is 4.98. The van der Waals surface area contributed by atoms with Gasteiger partial charge in [0.25, 0.3) is 5.91 Å². The van der Waals surface area contributed by atoms with Gasteiger partial charge in [-0.05, 0) is 49.7 Å². The van der Waals surface area contributed by atoms with Crippen LogP contribution >= 0.6 is 11.5 Å². The van der Waals surface area contributed by atoms with Crippen LogP contribution in [0.1, 0.15) is 48.0 Å². The molecule has 1 amide bonds. The van der Waals surface area contributed by atoms with Crippen molar-refractivity contribution in [1.82, 2.24) is 24.3 Å². The monoisotopic (exact) mass is 319 g/mol. The lowest BCUT2D eigenvalue weighted by atomic mass is 9.99. The Morgan fingerprint density at radius 2 is 2.36 bits per heavy atom. The van der Waals surface area contributed by atoms with Crippen molar-refractivity contribution in [2.75, 3.05) is 6.54 Å². The Morgan fingerprint density at radius 1 is 1.45 bits per heavy atom. The molecular weight excluding hydrogens is 298 g/mol. The molecule has 118 valence electrons. The van der Waals surface area contributed by atoms with Crippen LogP contribution in [0.5, 0.6) is 0 Å². The molecule has 6 nitrogen and oxygen atoms in total. The van der Waals surface area contributed by atoms with Gasteiger partial charge in [0, 0.05) is 31.5 Å². The van der Waals surface area contributed by atoms with Gasteiger partial charge in [-0.25, -0.2) is 0 Å². The Hall–Kier alpha value is -1.76. The second-order valence-corrected chi connectivity index (χ2v) is 6.36. The Labute approximate surface area is 134 Å². The molecule has 3 rings (SSSR count). The summed E-state index contributed by atoms with van der Waals surface area (Å²) in [4.78, 5) is 15.6. The number of hydrogen-bond acceptors (Lipinski definition) is 5. The van der Waals surface area contributed by atoms with Crippen LogP contribution in [0.15, 0.2) is 18.5 Å². The smallest absolute Gasteiger partial charge is 0.267 e. The summed E-state index contributed by atoms with van der Waals surface area (Å²) in [5, 5.41) is 8.31. The van der Waals surface area contributed by atoms with E-state index in [4.69, 9.17) is 0 Å². The lowest BCUT2D eigenvalue weighted by Crippen LogP contribution is -2.44. The van der Waals surface area contributed by atoms with Crippen molar-refractivity contribution in [1.29, 1.82) is 0 Å². The Balaban J connectivity index is 1.70. The van der Waals surface area contributed by atoms with Crippen LogP contribution in [-0.2, 0) is 13.0 Å². The highest BCUT2D eigenvalue weighted by atomic mass is 32.1. The van der Waals surface area contributed by atoms with Crippen molar-refractivity contribution in [3.8, 4) is 0 Å². The number of rotatable bonds is 5. The first kappa shape index (κ1) is 15.1. The Morgan fingerprint density at radius 3 is 3.14 bits per heavy atom. The second-order valence-electron chi connectivity index (χ2n) is 5.61. The van der Waals surface area contributed by atoms with Gasteiger partial charge in [0.05, 0.1) is 5.69 Å². The van der Waals surface area contributed by atoms with Crippen LogP contribution in [0.3, 0.4) is 0 Å². The van der Waals surface area contributed by atoms with Crippen LogP contribution < -0.4 is 0 Å². The summed E-state index contributed by atoms with van der Waals surface area (Å²) in [5.41, 5.74) is 0.825. The molecule has 0 aliphatic carbocycles. The molecule has 2 aromatic rings. The van der Waals surface area contributed by atoms with Crippen molar-refractivity contribution in [2.45, 2.75) is 51.6 Å². The minimum Gasteiger partial charge on any atom is -0.335 e. The predicted molar refractivity (Wildman–Crippen MR) is 84.8 cm³/mol. The first-order chi connectivity index (χ1) is 10.8. The van der Waals surface area contributed by atoms with E-state index in [1.54, 1.807) is 6.20 Å². The van der Waals surface area contributed by atoms with Crippen LogP contribution in [-0.4, -0.2) is 42.8 Å². The van der Waals surface area contributed by atoms with E-state index in [9.17, 15) is 4.79 Å². The zero-order valence-electron chi connectivity index (χ0n) is 12.8. The van der Waals surface area contributed by atoms with Crippen molar-refractivity contribution < 1.29 is 4.79 Å². The Bertz CT molecular complexity index is 609. The fourth-order valence-corrected chi connectivity index (χ4v) is 3.72. The van der Waals surface area contributed by atoms with E-state index in [0.29, 0.717) is 4.88 Å². The summed E-state index contributed by atoms with van der Waals surface area (Å²) >= 11 is 1.22. The van der Waals surface area contributed by atoms with Crippen molar-refractivity contribution in [3.63, 3.8) is 0 Å². The van der Waals surface area contributed by atoms with Crippen molar-refractivity contribution >= 4 is 17.4 Å². The number of amides is 1. The van der Waals surface area contributed by atoms with Gasteiger partial charge in [0.2, 0.25) is 0 Å². The molecule has 1 atom stereocenters. The van der Waals surface area contributed by atoms with Crippen LogP contribution in [0.2, 0.25) is 0 Å². The lowest BCUT2D eigenvalue weighted by Gasteiger charge is -2.35. The van der Waals surface area contributed by atoms with Crippen molar-refractivity contribution in [2.24, 2.45) is 0 Å². The number of carbonyl (C=O) groups is 1. The van der Waals surface area contributed by atoms with E-state index in [-0.39, 0.29) is 11.9 Å². The third kappa shape index (κ3) is 3.19. The number of likely N-dealkylation sites (tertiary alicyclic amines) is 1. The van der Waals surface area contributed by atoms with Crippen molar-refractivity contribution in [3.05, 3.63) is 29.0 Å². The summed E-state index contributed by atoms with van der Waals surface area (Å²) in [6, 6.07) is 2.22. The van der Waals surface area contributed by atoms with Gasteiger partial charge in [0.1, 0.15) is 4.88 Å². The maximum absolute atomic E-state index is 12.8. The summed E-state index contributed by atoms with van der Waals surface area (Å²) in [6.07, 6.45) is 8.80. The van der Waals surface area contributed by atoms with Crippen LogP contribution in [0.25, 0.3) is 0 Å². The molecule has 7 heteroatoms. The summed E-state index contributed by atoms with van der Waals surface area (Å²) < 4.78 is 5.88.